The monoisotopic (exact) mass is 372 g/mol. The number of benzene rings is 1. The summed E-state index contributed by atoms with van der Waals surface area (Å²) in [6.07, 6.45) is 3.06. The van der Waals surface area contributed by atoms with E-state index < -0.39 is 0 Å². The lowest BCUT2D eigenvalue weighted by atomic mass is 9.91. The highest BCUT2D eigenvalue weighted by atomic mass is 79.9. The molecule has 2 aliphatic rings. The molecule has 1 aromatic carbocycles. The zero-order valence-electron chi connectivity index (χ0n) is 12.2. The number of carbonyl (C=O) groups is 1. The zero-order chi connectivity index (χ0) is 14.2. The fraction of sp³-hybridized carbons (Fsp3) is 0.562. The van der Waals surface area contributed by atoms with Gasteiger partial charge in [0.1, 0.15) is 0 Å². The summed E-state index contributed by atoms with van der Waals surface area (Å²) in [6.45, 7) is 4.18. The van der Waals surface area contributed by atoms with Crippen LogP contribution in [-0.4, -0.2) is 25.0 Å². The van der Waals surface area contributed by atoms with E-state index in [-0.39, 0.29) is 29.8 Å². The minimum atomic E-state index is -0.277. The van der Waals surface area contributed by atoms with Gasteiger partial charge in [-0.3, -0.25) is 4.79 Å². The second-order valence-electron chi connectivity index (χ2n) is 6.14. The van der Waals surface area contributed by atoms with E-state index in [9.17, 15) is 4.79 Å². The van der Waals surface area contributed by atoms with E-state index >= 15 is 0 Å². The molecule has 21 heavy (non-hydrogen) atoms. The Hall–Kier alpha value is -0.580. The summed E-state index contributed by atoms with van der Waals surface area (Å²) in [5, 5.41) is 6.64. The second-order valence-corrected chi connectivity index (χ2v) is 7.06. The maximum Gasteiger partial charge on any atom is 0.230 e. The average Bonchev–Trinajstić information content (AvgIpc) is 3.23. The van der Waals surface area contributed by atoms with Gasteiger partial charge in [-0.2, -0.15) is 0 Å². The third-order valence-corrected chi connectivity index (χ3v) is 5.20. The van der Waals surface area contributed by atoms with Crippen LogP contribution in [0.3, 0.4) is 0 Å². The Labute approximate surface area is 140 Å². The highest BCUT2D eigenvalue weighted by Crippen LogP contribution is 2.49. The van der Waals surface area contributed by atoms with Crippen molar-refractivity contribution in [3.63, 3.8) is 0 Å². The van der Waals surface area contributed by atoms with E-state index in [0.29, 0.717) is 5.92 Å². The van der Waals surface area contributed by atoms with Crippen LogP contribution >= 0.6 is 28.3 Å². The summed E-state index contributed by atoms with van der Waals surface area (Å²) < 4.78 is 1.04. The number of nitrogens with one attached hydrogen (secondary N) is 2. The van der Waals surface area contributed by atoms with Crippen molar-refractivity contribution in [2.24, 2.45) is 5.92 Å². The van der Waals surface area contributed by atoms with Crippen molar-refractivity contribution in [3.8, 4) is 0 Å². The van der Waals surface area contributed by atoms with Crippen LogP contribution in [-0.2, 0) is 10.2 Å². The molecule has 3 rings (SSSR count). The largest absolute Gasteiger partial charge is 0.351 e. The Morgan fingerprint density at radius 1 is 1.43 bits per heavy atom. The molecule has 5 heteroatoms. The molecule has 0 radical (unpaired) electrons. The first-order valence-corrected chi connectivity index (χ1v) is 8.19. The molecular formula is C16H22BrClN2O. The van der Waals surface area contributed by atoms with Crippen molar-refractivity contribution in [1.29, 1.82) is 0 Å². The molecule has 1 saturated carbocycles. The Morgan fingerprint density at radius 3 is 2.81 bits per heavy atom. The molecular weight excluding hydrogens is 352 g/mol. The molecule has 1 heterocycles. The quantitative estimate of drug-likeness (QED) is 0.855. The van der Waals surface area contributed by atoms with Gasteiger partial charge in [0, 0.05) is 17.1 Å². The van der Waals surface area contributed by atoms with Crippen molar-refractivity contribution in [3.05, 3.63) is 34.3 Å². The second kappa shape index (κ2) is 6.67. The van der Waals surface area contributed by atoms with Crippen LogP contribution in [0.2, 0.25) is 0 Å². The van der Waals surface area contributed by atoms with Crippen molar-refractivity contribution in [1.82, 2.24) is 10.6 Å². The third kappa shape index (κ3) is 3.43. The minimum absolute atomic E-state index is 0. The number of halogens is 2. The van der Waals surface area contributed by atoms with Gasteiger partial charge >= 0.3 is 0 Å². The van der Waals surface area contributed by atoms with Gasteiger partial charge in [-0.25, -0.2) is 0 Å². The minimum Gasteiger partial charge on any atom is -0.351 e. The lowest BCUT2D eigenvalue weighted by Crippen LogP contribution is -2.52. The zero-order valence-corrected chi connectivity index (χ0v) is 14.6. The number of hydrogen-bond acceptors (Lipinski definition) is 2. The molecule has 2 N–H and O–H groups in total. The van der Waals surface area contributed by atoms with Crippen LogP contribution in [0.5, 0.6) is 0 Å². The van der Waals surface area contributed by atoms with Crippen molar-refractivity contribution < 1.29 is 4.79 Å². The summed E-state index contributed by atoms with van der Waals surface area (Å²) in [6, 6.07) is 8.43. The predicted molar refractivity (Wildman–Crippen MR) is 90.9 cm³/mol. The van der Waals surface area contributed by atoms with Crippen LogP contribution in [0.15, 0.2) is 28.7 Å². The van der Waals surface area contributed by atoms with E-state index in [1.165, 1.54) is 0 Å². The smallest absolute Gasteiger partial charge is 0.230 e. The number of rotatable bonds is 3. The summed E-state index contributed by atoms with van der Waals surface area (Å²) in [4.78, 5) is 12.7. The van der Waals surface area contributed by atoms with Gasteiger partial charge in [0.2, 0.25) is 5.91 Å². The SMILES string of the molecule is CC1CCNCC1NC(=O)C1(c2cccc(Br)c2)CC1.Cl. The molecule has 1 aliphatic heterocycles. The molecule has 0 aromatic heterocycles. The van der Waals surface area contributed by atoms with Gasteiger partial charge < -0.3 is 10.6 Å². The Kier molecular flexibility index (Phi) is 5.33. The molecule has 1 aromatic rings. The summed E-state index contributed by atoms with van der Waals surface area (Å²) >= 11 is 3.50. The number of piperidine rings is 1. The lowest BCUT2D eigenvalue weighted by molar-refractivity contribution is -0.124. The summed E-state index contributed by atoms with van der Waals surface area (Å²) in [7, 11) is 0. The topological polar surface area (TPSA) is 41.1 Å². The first kappa shape index (κ1) is 16.8. The molecule has 0 bridgehead atoms. The van der Waals surface area contributed by atoms with Crippen molar-refractivity contribution in [2.45, 2.75) is 37.6 Å². The standard InChI is InChI=1S/C16H21BrN2O.ClH/c1-11-5-8-18-10-14(11)19-15(20)16(6-7-16)12-3-2-4-13(17)9-12;/h2-4,9,11,14,18H,5-8,10H2,1H3,(H,19,20);1H. The van der Waals surface area contributed by atoms with Crippen LogP contribution in [0.4, 0.5) is 0 Å². The van der Waals surface area contributed by atoms with Crippen molar-refractivity contribution in [2.75, 3.05) is 13.1 Å². The maximum absolute atomic E-state index is 12.7. The molecule has 0 spiro atoms. The van der Waals surface area contributed by atoms with Crippen LogP contribution in [0.1, 0.15) is 31.7 Å². The Morgan fingerprint density at radius 2 is 2.19 bits per heavy atom. The van der Waals surface area contributed by atoms with E-state index in [2.05, 4.69) is 45.6 Å². The molecule has 116 valence electrons. The number of hydrogen-bond donors (Lipinski definition) is 2. The van der Waals surface area contributed by atoms with Gasteiger partial charge in [-0.05, 0) is 49.4 Å². The molecule has 1 amide bonds. The maximum atomic E-state index is 12.7. The van der Waals surface area contributed by atoms with E-state index in [1.807, 2.05) is 12.1 Å². The molecule has 1 saturated heterocycles. The Bertz CT molecular complexity index is 519. The van der Waals surface area contributed by atoms with E-state index in [1.54, 1.807) is 0 Å². The van der Waals surface area contributed by atoms with Gasteiger partial charge in [-0.1, -0.05) is 35.0 Å². The van der Waals surface area contributed by atoms with Crippen LogP contribution in [0, 0.1) is 5.92 Å². The van der Waals surface area contributed by atoms with Crippen LogP contribution < -0.4 is 10.6 Å². The van der Waals surface area contributed by atoms with Gasteiger partial charge in [0.25, 0.3) is 0 Å². The lowest BCUT2D eigenvalue weighted by Gasteiger charge is -2.31. The number of amides is 1. The third-order valence-electron chi connectivity index (χ3n) is 4.71. The first-order chi connectivity index (χ1) is 9.62. The molecule has 1 aliphatic carbocycles. The highest BCUT2D eigenvalue weighted by molar-refractivity contribution is 9.10. The van der Waals surface area contributed by atoms with E-state index in [0.717, 1.165) is 42.4 Å². The number of carbonyl (C=O) groups excluding carboxylic acids is 1. The fourth-order valence-corrected chi connectivity index (χ4v) is 3.45. The summed E-state index contributed by atoms with van der Waals surface area (Å²) in [5.41, 5.74) is 0.863. The van der Waals surface area contributed by atoms with E-state index in [4.69, 9.17) is 0 Å². The Balaban J connectivity index is 0.00000161. The fourth-order valence-electron chi connectivity index (χ4n) is 3.05. The molecule has 2 atom stereocenters. The molecule has 2 fully saturated rings. The van der Waals surface area contributed by atoms with Gasteiger partial charge in [-0.15, -0.1) is 12.4 Å². The highest BCUT2D eigenvalue weighted by Gasteiger charge is 2.51. The predicted octanol–water partition coefficient (Wildman–Crippen LogP) is 3.02. The molecule has 3 nitrogen and oxygen atoms in total. The summed E-state index contributed by atoms with van der Waals surface area (Å²) in [5.74, 6) is 0.759. The normalized spacial score (nSPS) is 26.6. The van der Waals surface area contributed by atoms with Gasteiger partial charge in [0.05, 0.1) is 5.41 Å². The van der Waals surface area contributed by atoms with Gasteiger partial charge in [0.15, 0.2) is 0 Å². The van der Waals surface area contributed by atoms with Crippen LogP contribution in [0.25, 0.3) is 0 Å². The first-order valence-electron chi connectivity index (χ1n) is 7.39. The molecule has 2 unspecified atom stereocenters. The average molecular weight is 374 g/mol. The van der Waals surface area contributed by atoms with Crippen molar-refractivity contribution >= 4 is 34.2 Å².